The molecule has 1 aromatic carbocycles. The molecular formula is C10H9NO3. The van der Waals surface area contributed by atoms with Gasteiger partial charge in [-0.1, -0.05) is 18.2 Å². The van der Waals surface area contributed by atoms with Crippen molar-refractivity contribution < 1.29 is 9.66 Å². The van der Waals surface area contributed by atoms with Crippen molar-refractivity contribution in [3.8, 4) is 0 Å². The van der Waals surface area contributed by atoms with Crippen LogP contribution in [0.4, 0.5) is 5.69 Å². The molecule has 0 saturated carbocycles. The first-order chi connectivity index (χ1) is 6.77. The Morgan fingerprint density at radius 1 is 1.50 bits per heavy atom. The van der Waals surface area contributed by atoms with Crippen molar-refractivity contribution in [3.63, 3.8) is 0 Å². The Labute approximate surface area is 81.0 Å². The first-order valence-electron chi connectivity index (χ1n) is 4.30. The molecule has 1 aromatic rings. The highest BCUT2D eigenvalue weighted by molar-refractivity contribution is 5.61. The van der Waals surface area contributed by atoms with E-state index in [0.29, 0.717) is 5.56 Å². The number of nitrogens with zero attached hydrogens (tertiary/aromatic N) is 1. The van der Waals surface area contributed by atoms with Crippen LogP contribution < -0.4 is 0 Å². The smallest absolute Gasteiger partial charge is 0.276 e. The molecule has 0 amide bonds. The number of benzene rings is 1. The summed E-state index contributed by atoms with van der Waals surface area (Å²) in [6, 6.07) is 6.65. The van der Waals surface area contributed by atoms with E-state index in [2.05, 4.69) is 0 Å². The van der Waals surface area contributed by atoms with E-state index in [1.54, 1.807) is 24.3 Å². The van der Waals surface area contributed by atoms with E-state index in [4.69, 9.17) is 4.74 Å². The van der Waals surface area contributed by atoms with Gasteiger partial charge in [-0.2, -0.15) is 0 Å². The molecule has 14 heavy (non-hydrogen) atoms. The fourth-order valence-electron chi connectivity index (χ4n) is 1.17. The number of epoxide rings is 1. The molecule has 1 saturated heterocycles. The van der Waals surface area contributed by atoms with Gasteiger partial charge in [-0.05, 0) is 12.1 Å². The van der Waals surface area contributed by atoms with Crippen LogP contribution in [-0.2, 0) is 4.74 Å². The van der Waals surface area contributed by atoms with Crippen LogP contribution in [0.5, 0.6) is 0 Å². The van der Waals surface area contributed by atoms with E-state index in [-0.39, 0.29) is 16.7 Å². The molecule has 0 aliphatic carbocycles. The standard InChI is InChI=1S/C10H9NO3/c12-11(13)10-4-2-1-3-8(10)5-6-9-7-14-9/h1-6,9H,7H2. The van der Waals surface area contributed by atoms with Gasteiger partial charge in [-0.15, -0.1) is 0 Å². The van der Waals surface area contributed by atoms with E-state index in [1.807, 2.05) is 6.08 Å². The zero-order valence-electron chi connectivity index (χ0n) is 7.42. The molecule has 0 N–H and O–H groups in total. The highest BCUT2D eigenvalue weighted by atomic mass is 16.6. The Kier molecular flexibility index (Phi) is 2.28. The molecule has 0 radical (unpaired) electrons. The summed E-state index contributed by atoms with van der Waals surface area (Å²) < 4.78 is 4.97. The van der Waals surface area contributed by atoms with Gasteiger partial charge < -0.3 is 4.74 Å². The van der Waals surface area contributed by atoms with E-state index >= 15 is 0 Å². The topological polar surface area (TPSA) is 55.7 Å². The first kappa shape index (κ1) is 8.90. The molecule has 1 fully saturated rings. The van der Waals surface area contributed by atoms with Gasteiger partial charge in [-0.3, -0.25) is 10.1 Å². The van der Waals surface area contributed by atoms with E-state index in [0.717, 1.165) is 6.61 Å². The molecular weight excluding hydrogens is 182 g/mol. The predicted molar refractivity (Wildman–Crippen MR) is 51.9 cm³/mol. The van der Waals surface area contributed by atoms with Crippen molar-refractivity contribution >= 4 is 11.8 Å². The molecule has 1 aliphatic rings. The number of ether oxygens (including phenoxy) is 1. The maximum atomic E-state index is 10.6. The van der Waals surface area contributed by atoms with Gasteiger partial charge in [0.2, 0.25) is 0 Å². The second kappa shape index (κ2) is 3.59. The third-order valence-electron chi connectivity index (χ3n) is 1.98. The SMILES string of the molecule is O=[N+]([O-])c1ccccc1C=CC1CO1. The number of hydrogen-bond acceptors (Lipinski definition) is 3. The third-order valence-corrected chi connectivity index (χ3v) is 1.98. The number of hydrogen-bond donors (Lipinski definition) is 0. The second-order valence-electron chi connectivity index (χ2n) is 3.05. The minimum atomic E-state index is -0.382. The van der Waals surface area contributed by atoms with Crippen molar-refractivity contribution in [2.24, 2.45) is 0 Å². The summed E-state index contributed by atoms with van der Waals surface area (Å²) in [5.74, 6) is 0. The Balaban J connectivity index is 2.26. The lowest BCUT2D eigenvalue weighted by molar-refractivity contribution is -0.385. The number of nitro benzene ring substituents is 1. The van der Waals surface area contributed by atoms with Crippen LogP contribution >= 0.6 is 0 Å². The van der Waals surface area contributed by atoms with Crippen LogP contribution in [-0.4, -0.2) is 17.6 Å². The zero-order chi connectivity index (χ0) is 9.97. The molecule has 2 rings (SSSR count). The van der Waals surface area contributed by atoms with Gasteiger partial charge in [0.1, 0.15) is 0 Å². The molecule has 0 bridgehead atoms. The largest absolute Gasteiger partial charge is 0.369 e. The molecule has 1 aliphatic heterocycles. The molecule has 1 unspecified atom stereocenters. The predicted octanol–water partition coefficient (Wildman–Crippen LogP) is 2.01. The van der Waals surface area contributed by atoms with Crippen molar-refractivity contribution in [2.45, 2.75) is 6.10 Å². The van der Waals surface area contributed by atoms with Gasteiger partial charge in [0.25, 0.3) is 5.69 Å². The highest BCUT2D eigenvalue weighted by Crippen LogP contribution is 2.20. The Morgan fingerprint density at radius 2 is 2.21 bits per heavy atom. The highest BCUT2D eigenvalue weighted by Gasteiger charge is 2.18. The van der Waals surface area contributed by atoms with Gasteiger partial charge in [-0.25, -0.2) is 0 Å². The van der Waals surface area contributed by atoms with Crippen molar-refractivity contribution in [1.82, 2.24) is 0 Å². The first-order valence-corrected chi connectivity index (χ1v) is 4.30. The van der Waals surface area contributed by atoms with Crippen LogP contribution in [0.3, 0.4) is 0 Å². The van der Waals surface area contributed by atoms with Gasteiger partial charge in [0.15, 0.2) is 0 Å². The van der Waals surface area contributed by atoms with Crippen LogP contribution in [0.1, 0.15) is 5.56 Å². The lowest BCUT2D eigenvalue weighted by Gasteiger charge is -1.95. The number of para-hydroxylation sites is 1. The molecule has 1 heterocycles. The number of nitro groups is 1. The lowest BCUT2D eigenvalue weighted by Crippen LogP contribution is -1.90. The lowest BCUT2D eigenvalue weighted by atomic mass is 10.1. The maximum absolute atomic E-state index is 10.6. The molecule has 72 valence electrons. The fraction of sp³-hybridized carbons (Fsp3) is 0.200. The summed E-state index contributed by atoms with van der Waals surface area (Å²) in [5.41, 5.74) is 0.748. The van der Waals surface area contributed by atoms with Crippen molar-refractivity contribution in [2.75, 3.05) is 6.61 Å². The van der Waals surface area contributed by atoms with Gasteiger partial charge in [0.05, 0.1) is 23.2 Å². The summed E-state index contributed by atoms with van der Waals surface area (Å²) in [4.78, 5) is 10.2. The molecule has 1 atom stereocenters. The summed E-state index contributed by atoms with van der Waals surface area (Å²) in [6.07, 6.45) is 3.72. The zero-order valence-corrected chi connectivity index (χ0v) is 7.42. The second-order valence-corrected chi connectivity index (χ2v) is 3.05. The Hall–Kier alpha value is -1.68. The Bertz CT molecular complexity index is 383. The van der Waals surface area contributed by atoms with Crippen molar-refractivity contribution in [1.29, 1.82) is 0 Å². The minimum absolute atomic E-state index is 0.129. The van der Waals surface area contributed by atoms with Crippen LogP contribution in [0.15, 0.2) is 30.3 Å². The van der Waals surface area contributed by atoms with E-state index in [1.165, 1.54) is 6.07 Å². The summed E-state index contributed by atoms with van der Waals surface area (Å²) in [6.45, 7) is 0.719. The summed E-state index contributed by atoms with van der Waals surface area (Å²) in [5, 5.41) is 10.6. The molecule has 0 spiro atoms. The van der Waals surface area contributed by atoms with E-state index in [9.17, 15) is 10.1 Å². The third kappa shape index (κ3) is 1.97. The van der Waals surface area contributed by atoms with Crippen molar-refractivity contribution in [3.05, 3.63) is 46.0 Å². The monoisotopic (exact) mass is 191 g/mol. The van der Waals surface area contributed by atoms with Crippen LogP contribution in [0.25, 0.3) is 6.08 Å². The molecule has 4 nitrogen and oxygen atoms in total. The van der Waals surface area contributed by atoms with Crippen LogP contribution in [0.2, 0.25) is 0 Å². The quantitative estimate of drug-likeness (QED) is 0.417. The normalized spacial score (nSPS) is 19.9. The average Bonchev–Trinajstić information content (AvgIpc) is 2.98. The minimum Gasteiger partial charge on any atom is -0.369 e. The molecule has 0 aromatic heterocycles. The van der Waals surface area contributed by atoms with Gasteiger partial charge in [0, 0.05) is 6.07 Å². The molecule has 4 heteroatoms. The maximum Gasteiger partial charge on any atom is 0.276 e. The fourth-order valence-corrected chi connectivity index (χ4v) is 1.17. The van der Waals surface area contributed by atoms with Crippen LogP contribution in [0, 0.1) is 10.1 Å². The average molecular weight is 191 g/mol. The van der Waals surface area contributed by atoms with E-state index < -0.39 is 0 Å². The summed E-state index contributed by atoms with van der Waals surface area (Å²) in [7, 11) is 0. The Morgan fingerprint density at radius 3 is 2.86 bits per heavy atom. The van der Waals surface area contributed by atoms with Gasteiger partial charge >= 0.3 is 0 Å². The number of rotatable bonds is 3. The summed E-state index contributed by atoms with van der Waals surface area (Å²) >= 11 is 0.